The molecule has 14 heavy (non-hydrogen) atoms. The molecular formula is C10H19ClN2O. The molecule has 0 aromatic heterocycles. The first-order valence-corrected chi connectivity index (χ1v) is 4.50. The van der Waals surface area contributed by atoms with Crippen LogP contribution in [0.3, 0.4) is 0 Å². The molecule has 0 saturated heterocycles. The first kappa shape index (κ1) is 15.7. The summed E-state index contributed by atoms with van der Waals surface area (Å²) in [6.07, 6.45) is 4.91. The zero-order valence-electron chi connectivity index (χ0n) is 8.66. The van der Waals surface area contributed by atoms with E-state index in [-0.39, 0.29) is 18.3 Å². The highest BCUT2D eigenvalue weighted by Crippen LogP contribution is 1.89. The quantitative estimate of drug-likeness (QED) is 0.523. The topological polar surface area (TPSA) is 32.3 Å². The molecule has 0 heterocycles. The molecule has 0 aliphatic heterocycles. The van der Waals surface area contributed by atoms with Crippen LogP contribution in [0.25, 0.3) is 0 Å². The number of hydrogen-bond donors (Lipinski definition) is 1. The summed E-state index contributed by atoms with van der Waals surface area (Å²) in [4.78, 5) is 11.2. The van der Waals surface area contributed by atoms with E-state index in [1.54, 1.807) is 17.2 Å². The van der Waals surface area contributed by atoms with Crippen molar-refractivity contribution in [1.82, 2.24) is 10.4 Å². The third kappa shape index (κ3) is 7.83. The van der Waals surface area contributed by atoms with Gasteiger partial charge in [-0.15, -0.1) is 25.6 Å². The van der Waals surface area contributed by atoms with Gasteiger partial charge in [0, 0.05) is 19.5 Å². The second-order valence-electron chi connectivity index (χ2n) is 2.77. The summed E-state index contributed by atoms with van der Waals surface area (Å²) >= 11 is 0. The Labute approximate surface area is 92.2 Å². The molecule has 0 aliphatic rings. The molecule has 0 aromatic carbocycles. The predicted molar refractivity (Wildman–Crippen MR) is 62.3 cm³/mol. The van der Waals surface area contributed by atoms with E-state index < -0.39 is 0 Å². The number of carbonyl (C=O) groups excluding carboxylic acids is 1. The maximum atomic E-state index is 11.2. The summed E-state index contributed by atoms with van der Waals surface area (Å²) in [5.41, 5.74) is 2.77. The van der Waals surface area contributed by atoms with Gasteiger partial charge in [0.15, 0.2) is 0 Å². The normalized spacial score (nSPS) is 9.00. The third-order valence-electron chi connectivity index (χ3n) is 1.46. The zero-order valence-corrected chi connectivity index (χ0v) is 9.48. The van der Waals surface area contributed by atoms with Crippen molar-refractivity contribution in [3.63, 3.8) is 0 Å². The maximum Gasteiger partial charge on any atom is 0.234 e. The van der Waals surface area contributed by atoms with Crippen LogP contribution in [-0.4, -0.2) is 24.0 Å². The molecule has 3 nitrogen and oxygen atoms in total. The second kappa shape index (κ2) is 10.3. The minimum atomic E-state index is 0. The van der Waals surface area contributed by atoms with Crippen molar-refractivity contribution in [2.24, 2.45) is 0 Å². The Kier molecular flexibility index (Phi) is 11.5. The molecule has 0 radical (unpaired) electrons. The van der Waals surface area contributed by atoms with Crippen LogP contribution in [0.4, 0.5) is 0 Å². The molecule has 1 N–H and O–H groups in total. The Morgan fingerprint density at radius 2 is 1.86 bits per heavy atom. The molecule has 82 valence electrons. The van der Waals surface area contributed by atoms with Gasteiger partial charge < -0.3 is 0 Å². The SMILES string of the molecule is C=CCN(CC=C)NC(=O)CCC.Cl. The van der Waals surface area contributed by atoms with Gasteiger partial charge in [-0.3, -0.25) is 10.2 Å². The standard InChI is InChI=1S/C10H18N2O.ClH/c1-4-7-10(13)11-12(8-5-2)9-6-3;/h5-6H,2-4,7-9H2,1H3,(H,11,13);1H. The molecule has 4 heteroatoms. The summed E-state index contributed by atoms with van der Waals surface area (Å²) in [5, 5.41) is 1.78. The van der Waals surface area contributed by atoms with E-state index in [9.17, 15) is 4.79 Å². The number of rotatable bonds is 7. The lowest BCUT2D eigenvalue weighted by molar-refractivity contribution is -0.125. The van der Waals surface area contributed by atoms with Crippen molar-refractivity contribution in [3.8, 4) is 0 Å². The Balaban J connectivity index is 0. The van der Waals surface area contributed by atoms with Gasteiger partial charge >= 0.3 is 0 Å². The second-order valence-corrected chi connectivity index (χ2v) is 2.77. The minimum Gasteiger partial charge on any atom is -0.288 e. The molecule has 0 atom stereocenters. The fraction of sp³-hybridized carbons (Fsp3) is 0.500. The van der Waals surface area contributed by atoms with Gasteiger partial charge in [-0.2, -0.15) is 0 Å². The summed E-state index contributed by atoms with van der Waals surface area (Å²) in [6, 6.07) is 0. The van der Waals surface area contributed by atoms with E-state index in [1.807, 2.05) is 6.92 Å². The van der Waals surface area contributed by atoms with Gasteiger partial charge in [-0.05, 0) is 6.42 Å². The summed E-state index contributed by atoms with van der Waals surface area (Å²) < 4.78 is 0. The first-order valence-electron chi connectivity index (χ1n) is 4.50. The van der Waals surface area contributed by atoms with Crippen molar-refractivity contribution in [3.05, 3.63) is 25.3 Å². The molecule has 0 aliphatic carbocycles. The van der Waals surface area contributed by atoms with Crippen molar-refractivity contribution in [1.29, 1.82) is 0 Å². The fourth-order valence-corrected chi connectivity index (χ4v) is 0.937. The Morgan fingerprint density at radius 1 is 1.36 bits per heavy atom. The number of hydrogen-bond acceptors (Lipinski definition) is 2. The van der Waals surface area contributed by atoms with Crippen LogP contribution in [0.5, 0.6) is 0 Å². The van der Waals surface area contributed by atoms with Gasteiger partial charge in [0.1, 0.15) is 0 Å². The van der Waals surface area contributed by atoms with E-state index in [4.69, 9.17) is 0 Å². The largest absolute Gasteiger partial charge is 0.288 e. The van der Waals surface area contributed by atoms with Gasteiger partial charge in [0.05, 0.1) is 0 Å². The van der Waals surface area contributed by atoms with Crippen molar-refractivity contribution in [2.45, 2.75) is 19.8 Å². The van der Waals surface area contributed by atoms with Crippen LogP contribution in [0, 0.1) is 0 Å². The molecule has 0 aromatic rings. The number of halogens is 1. The first-order chi connectivity index (χ1) is 6.24. The number of hydrazine groups is 1. The summed E-state index contributed by atoms with van der Waals surface area (Å²) in [7, 11) is 0. The molecule has 0 saturated carbocycles. The Morgan fingerprint density at radius 3 is 2.21 bits per heavy atom. The molecule has 0 rings (SSSR count). The maximum absolute atomic E-state index is 11.2. The van der Waals surface area contributed by atoms with E-state index in [0.717, 1.165) is 6.42 Å². The van der Waals surface area contributed by atoms with Crippen molar-refractivity contribution in [2.75, 3.05) is 13.1 Å². The average Bonchev–Trinajstić information content (AvgIpc) is 2.05. The van der Waals surface area contributed by atoms with Crippen LogP contribution in [0.2, 0.25) is 0 Å². The van der Waals surface area contributed by atoms with E-state index in [2.05, 4.69) is 18.6 Å². The smallest absolute Gasteiger partial charge is 0.234 e. The van der Waals surface area contributed by atoms with Crippen LogP contribution in [0.15, 0.2) is 25.3 Å². The number of nitrogens with one attached hydrogen (secondary N) is 1. The zero-order chi connectivity index (χ0) is 10.1. The predicted octanol–water partition coefficient (Wildman–Crippen LogP) is 1.91. The molecule has 0 spiro atoms. The lowest BCUT2D eigenvalue weighted by Gasteiger charge is -2.19. The Bertz CT molecular complexity index is 173. The highest BCUT2D eigenvalue weighted by Gasteiger charge is 2.04. The van der Waals surface area contributed by atoms with Gasteiger partial charge in [-0.25, -0.2) is 5.01 Å². The number of nitrogens with zero attached hydrogens (tertiary/aromatic N) is 1. The minimum absolute atomic E-state index is 0. The lowest BCUT2D eigenvalue weighted by Crippen LogP contribution is -2.42. The number of amides is 1. The molecule has 1 amide bonds. The van der Waals surface area contributed by atoms with E-state index in [0.29, 0.717) is 19.5 Å². The molecule has 0 bridgehead atoms. The van der Waals surface area contributed by atoms with Crippen LogP contribution >= 0.6 is 12.4 Å². The fourth-order valence-electron chi connectivity index (χ4n) is 0.937. The van der Waals surface area contributed by atoms with E-state index >= 15 is 0 Å². The summed E-state index contributed by atoms with van der Waals surface area (Å²) in [5.74, 6) is 0.0474. The third-order valence-corrected chi connectivity index (χ3v) is 1.46. The van der Waals surface area contributed by atoms with Crippen LogP contribution in [-0.2, 0) is 4.79 Å². The summed E-state index contributed by atoms with van der Waals surface area (Å²) in [6.45, 7) is 10.5. The van der Waals surface area contributed by atoms with Crippen LogP contribution in [0.1, 0.15) is 19.8 Å². The van der Waals surface area contributed by atoms with Gasteiger partial charge in [0.25, 0.3) is 0 Å². The highest BCUT2D eigenvalue weighted by atomic mass is 35.5. The monoisotopic (exact) mass is 218 g/mol. The molecule has 0 fully saturated rings. The van der Waals surface area contributed by atoms with Crippen LogP contribution < -0.4 is 5.43 Å². The van der Waals surface area contributed by atoms with Gasteiger partial charge in [0.2, 0.25) is 5.91 Å². The lowest BCUT2D eigenvalue weighted by atomic mass is 10.3. The van der Waals surface area contributed by atoms with Crippen molar-refractivity contribution < 1.29 is 4.79 Å². The molecular weight excluding hydrogens is 200 g/mol. The van der Waals surface area contributed by atoms with E-state index in [1.165, 1.54) is 0 Å². The van der Waals surface area contributed by atoms with Gasteiger partial charge in [-0.1, -0.05) is 19.1 Å². The average molecular weight is 219 g/mol. The Hall–Kier alpha value is -0.800. The molecule has 0 unspecified atom stereocenters. The van der Waals surface area contributed by atoms with Crippen molar-refractivity contribution >= 4 is 18.3 Å². The number of carbonyl (C=O) groups is 1. The highest BCUT2D eigenvalue weighted by molar-refractivity contribution is 5.85.